The van der Waals surface area contributed by atoms with E-state index < -0.39 is 17.9 Å². The van der Waals surface area contributed by atoms with E-state index in [2.05, 4.69) is 15.0 Å². The summed E-state index contributed by atoms with van der Waals surface area (Å²) in [5.74, 6) is -0.00329. The summed E-state index contributed by atoms with van der Waals surface area (Å²) in [4.78, 5) is 28.6. The lowest BCUT2D eigenvalue weighted by molar-refractivity contribution is -0.141. The summed E-state index contributed by atoms with van der Waals surface area (Å²) in [7, 11) is 0. The highest BCUT2D eigenvalue weighted by Crippen LogP contribution is 2.33. The van der Waals surface area contributed by atoms with Gasteiger partial charge in [-0.15, -0.1) is 0 Å². The first kappa shape index (κ1) is 20.5. The van der Waals surface area contributed by atoms with Gasteiger partial charge < -0.3 is 14.5 Å². The molecule has 10 heteroatoms. The second-order valence-electron chi connectivity index (χ2n) is 7.31. The van der Waals surface area contributed by atoms with Crippen LogP contribution in [0.25, 0.3) is 11.4 Å². The Kier molecular flexibility index (Phi) is 5.85. The minimum Gasteiger partial charge on any atom is -0.378 e. The van der Waals surface area contributed by atoms with Crippen LogP contribution in [-0.4, -0.2) is 64.6 Å². The first-order chi connectivity index (χ1) is 14.4. The molecular formula is C20H22F3N5O2. The van der Waals surface area contributed by atoms with Gasteiger partial charge in [0.25, 0.3) is 0 Å². The SMILES string of the molecule is O=C([C@H]1CCCCN1c1cc(C(F)(F)F)nc(-c2ccncc2)n1)N1CCOCC1. The van der Waals surface area contributed by atoms with Gasteiger partial charge in [-0.1, -0.05) is 0 Å². The number of rotatable bonds is 3. The fourth-order valence-electron chi connectivity index (χ4n) is 3.81. The minimum atomic E-state index is -4.63. The van der Waals surface area contributed by atoms with E-state index in [-0.39, 0.29) is 17.5 Å². The van der Waals surface area contributed by atoms with Gasteiger partial charge in [-0.2, -0.15) is 13.2 Å². The van der Waals surface area contributed by atoms with E-state index in [9.17, 15) is 18.0 Å². The maximum Gasteiger partial charge on any atom is 0.433 e. The molecule has 1 atom stereocenters. The van der Waals surface area contributed by atoms with E-state index in [1.54, 1.807) is 21.9 Å². The van der Waals surface area contributed by atoms with Gasteiger partial charge in [0.15, 0.2) is 11.5 Å². The second kappa shape index (κ2) is 8.55. The van der Waals surface area contributed by atoms with Gasteiger partial charge in [-0.25, -0.2) is 9.97 Å². The number of ether oxygens (including phenoxy) is 1. The normalized spacial score (nSPS) is 20.3. The van der Waals surface area contributed by atoms with Gasteiger partial charge in [0.1, 0.15) is 11.9 Å². The number of carbonyl (C=O) groups is 1. The number of anilines is 1. The number of carbonyl (C=O) groups excluding carboxylic acids is 1. The Hall–Kier alpha value is -2.75. The molecule has 4 rings (SSSR count). The molecule has 2 aromatic heterocycles. The average molecular weight is 421 g/mol. The number of hydrogen-bond donors (Lipinski definition) is 0. The highest BCUT2D eigenvalue weighted by molar-refractivity contribution is 5.85. The van der Waals surface area contributed by atoms with Crippen molar-refractivity contribution < 1.29 is 22.7 Å². The van der Waals surface area contributed by atoms with E-state index in [0.29, 0.717) is 44.8 Å². The molecule has 4 heterocycles. The van der Waals surface area contributed by atoms with Gasteiger partial charge in [0.2, 0.25) is 5.91 Å². The van der Waals surface area contributed by atoms with Crippen molar-refractivity contribution in [1.82, 2.24) is 19.9 Å². The van der Waals surface area contributed by atoms with E-state index in [1.165, 1.54) is 12.4 Å². The lowest BCUT2D eigenvalue weighted by atomic mass is 10.0. The smallest absolute Gasteiger partial charge is 0.378 e. The molecule has 0 aliphatic carbocycles. The third-order valence-corrected chi connectivity index (χ3v) is 5.35. The monoisotopic (exact) mass is 421 g/mol. The number of amides is 1. The molecule has 0 N–H and O–H groups in total. The predicted molar refractivity (Wildman–Crippen MR) is 103 cm³/mol. The number of hydrogen-bond acceptors (Lipinski definition) is 6. The largest absolute Gasteiger partial charge is 0.433 e. The van der Waals surface area contributed by atoms with Crippen molar-refractivity contribution in [3.8, 4) is 11.4 Å². The van der Waals surface area contributed by atoms with E-state index in [4.69, 9.17) is 4.74 Å². The summed E-state index contributed by atoms with van der Waals surface area (Å²) in [6.07, 6.45) is 0.522. The maximum atomic E-state index is 13.6. The molecule has 2 aliphatic heterocycles. The van der Waals surface area contributed by atoms with E-state index >= 15 is 0 Å². The number of morpholine rings is 1. The number of aromatic nitrogens is 3. The first-order valence-corrected chi connectivity index (χ1v) is 9.93. The Labute approximate surface area is 171 Å². The van der Waals surface area contributed by atoms with Gasteiger partial charge >= 0.3 is 6.18 Å². The summed E-state index contributed by atoms with van der Waals surface area (Å²) in [5, 5.41) is 0. The summed E-state index contributed by atoms with van der Waals surface area (Å²) in [5.41, 5.74) is -0.590. The van der Waals surface area contributed by atoms with E-state index in [0.717, 1.165) is 18.9 Å². The molecule has 2 aliphatic rings. The van der Waals surface area contributed by atoms with Gasteiger partial charge in [-0.05, 0) is 31.4 Å². The van der Waals surface area contributed by atoms with Crippen LogP contribution in [0, 0.1) is 0 Å². The number of piperidine rings is 1. The molecule has 0 aromatic carbocycles. The number of nitrogens with zero attached hydrogens (tertiary/aromatic N) is 5. The van der Waals surface area contributed by atoms with Gasteiger partial charge in [-0.3, -0.25) is 9.78 Å². The van der Waals surface area contributed by atoms with Crippen LogP contribution in [0.1, 0.15) is 25.0 Å². The van der Waals surface area contributed by atoms with E-state index in [1.807, 2.05) is 0 Å². The van der Waals surface area contributed by atoms with Crippen LogP contribution in [0.2, 0.25) is 0 Å². The molecule has 30 heavy (non-hydrogen) atoms. The first-order valence-electron chi connectivity index (χ1n) is 9.93. The van der Waals surface area contributed by atoms with Crippen LogP contribution in [0.15, 0.2) is 30.6 Å². The van der Waals surface area contributed by atoms with Crippen LogP contribution >= 0.6 is 0 Å². The van der Waals surface area contributed by atoms with Crippen molar-refractivity contribution in [3.05, 3.63) is 36.3 Å². The fraction of sp³-hybridized carbons (Fsp3) is 0.500. The molecule has 2 saturated heterocycles. The topological polar surface area (TPSA) is 71.5 Å². The molecule has 0 radical (unpaired) electrons. The zero-order valence-electron chi connectivity index (χ0n) is 16.3. The van der Waals surface area contributed by atoms with Crippen molar-refractivity contribution in [2.24, 2.45) is 0 Å². The fourth-order valence-corrected chi connectivity index (χ4v) is 3.81. The Morgan fingerprint density at radius 3 is 2.50 bits per heavy atom. The Bertz CT molecular complexity index is 888. The highest BCUT2D eigenvalue weighted by atomic mass is 19.4. The number of alkyl halides is 3. The number of halogens is 3. The van der Waals surface area contributed by atoms with Gasteiger partial charge in [0.05, 0.1) is 13.2 Å². The summed E-state index contributed by atoms with van der Waals surface area (Å²) in [6.45, 7) is 2.38. The van der Waals surface area contributed by atoms with Crippen LogP contribution in [0.3, 0.4) is 0 Å². The van der Waals surface area contributed by atoms with Crippen LogP contribution < -0.4 is 4.90 Å². The highest BCUT2D eigenvalue weighted by Gasteiger charge is 2.37. The molecule has 7 nitrogen and oxygen atoms in total. The van der Waals surface area contributed by atoms with Crippen LogP contribution in [0.5, 0.6) is 0 Å². The lowest BCUT2D eigenvalue weighted by Crippen LogP contribution is -2.54. The summed E-state index contributed by atoms with van der Waals surface area (Å²) < 4.78 is 46.0. The Morgan fingerprint density at radius 1 is 1.07 bits per heavy atom. The predicted octanol–water partition coefficient (Wildman–Crippen LogP) is 2.78. The van der Waals surface area contributed by atoms with Crippen molar-refractivity contribution in [3.63, 3.8) is 0 Å². The molecule has 2 fully saturated rings. The lowest BCUT2D eigenvalue weighted by Gasteiger charge is -2.39. The Balaban J connectivity index is 1.72. The molecule has 0 unspecified atom stereocenters. The Morgan fingerprint density at radius 2 is 1.80 bits per heavy atom. The zero-order chi connectivity index (χ0) is 21.1. The average Bonchev–Trinajstić information content (AvgIpc) is 2.79. The molecular weight excluding hydrogens is 399 g/mol. The number of pyridine rings is 1. The minimum absolute atomic E-state index is 0.0367. The van der Waals surface area contributed by atoms with Crippen molar-refractivity contribution in [2.75, 3.05) is 37.7 Å². The third kappa shape index (κ3) is 4.38. The zero-order valence-corrected chi connectivity index (χ0v) is 16.3. The van der Waals surface area contributed by atoms with Crippen LogP contribution in [-0.2, 0) is 15.7 Å². The summed E-state index contributed by atoms with van der Waals surface area (Å²) >= 11 is 0. The van der Waals surface area contributed by atoms with Crippen LogP contribution in [0.4, 0.5) is 19.0 Å². The standard InChI is InChI=1S/C20H22F3N5O2/c21-20(22,23)16-13-17(26-18(25-16)14-4-6-24-7-5-14)28-8-2-1-3-15(28)19(29)27-9-11-30-12-10-27/h4-7,13,15H,1-3,8-12H2/t15-/m1/s1. The van der Waals surface area contributed by atoms with Gasteiger partial charge in [0, 0.05) is 43.7 Å². The molecule has 1 amide bonds. The maximum absolute atomic E-state index is 13.6. The second-order valence-corrected chi connectivity index (χ2v) is 7.31. The summed E-state index contributed by atoms with van der Waals surface area (Å²) in [6, 6.07) is 3.52. The van der Waals surface area contributed by atoms with Crippen molar-refractivity contribution in [1.29, 1.82) is 0 Å². The molecule has 2 aromatic rings. The molecule has 0 spiro atoms. The van der Waals surface area contributed by atoms with Crippen molar-refractivity contribution in [2.45, 2.75) is 31.5 Å². The molecule has 0 bridgehead atoms. The third-order valence-electron chi connectivity index (χ3n) is 5.35. The molecule has 0 saturated carbocycles. The quantitative estimate of drug-likeness (QED) is 0.759. The molecule has 160 valence electrons. The van der Waals surface area contributed by atoms with Crippen molar-refractivity contribution >= 4 is 11.7 Å².